The minimum atomic E-state index is 0.196. The molecule has 0 saturated carbocycles. The first-order valence-corrected chi connectivity index (χ1v) is 6.77. The van der Waals surface area contributed by atoms with Gasteiger partial charge in [-0.3, -0.25) is 0 Å². The molecular weight excluding hydrogens is 260 g/mol. The number of nitrogens with two attached hydrogens (primary N) is 1. The molecule has 1 aliphatic rings. The van der Waals surface area contributed by atoms with Gasteiger partial charge in [0.25, 0.3) is 0 Å². The number of benzene rings is 1. The van der Waals surface area contributed by atoms with Crippen LogP contribution in [0.2, 0.25) is 5.28 Å². The maximum atomic E-state index is 5.87. The summed E-state index contributed by atoms with van der Waals surface area (Å²) < 4.78 is 0. The molecule has 0 aliphatic heterocycles. The summed E-state index contributed by atoms with van der Waals surface area (Å²) in [6.07, 6.45) is 6.25. The van der Waals surface area contributed by atoms with Crippen LogP contribution in [-0.2, 0) is 12.8 Å². The molecule has 0 bridgehead atoms. The van der Waals surface area contributed by atoms with Crippen molar-refractivity contribution in [3.8, 4) is 0 Å². The first-order chi connectivity index (χ1) is 9.24. The van der Waals surface area contributed by atoms with Gasteiger partial charge in [0.15, 0.2) is 5.82 Å². The smallest absolute Gasteiger partial charge is 0.224 e. The lowest BCUT2D eigenvalue weighted by Gasteiger charge is -2.20. The third-order valence-electron chi connectivity index (χ3n) is 3.44. The number of anilines is 3. The average Bonchev–Trinajstić information content (AvgIpc) is 2.43. The molecule has 98 valence electrons. The molecule has 3 rings (SSSR count). The molecule has 5 heteroatoms. The summed E-state index contributed by atoms with van der Waals surface area (Å²) in [7, 11) is 0. The highest BCUT2D eigenvalue weighted by atomic mass is 35.5. The van der Waals surface area contributed by atoms with Gasteiger partial charge in [0.2, 0.25) is 5.28 Å². The number of nitrogens with zero attached hydrogens (tertiary/aromatic N) is 2. The Labute approximate surface area is 117 Å². The molecule has 1 aromatic carbocycles. The van der Waals surface area contributed by atoms with E-state index in [4.69, 9.17) is 17.3 Å². The Kier molecular flexibility index (Phi) is 3.25. The molecule has 1 aromatic heterocycles. The van der Waals surface area contributed by atoms with Crippen molar-refractivity contribution >= 4 is 28.8 Å². The van der Waals surface area contributed by atoms with Crippen LogP contribution in [0.3, 0.4) is 0 Å². The van der Waals surface area contributed by atoms with Crippen LogP contribution in [0.5, 0.6) is 0 Å². The normalized spacial score (nSPS) is 13.9. The molecule has 0 amide bonds. The van der Waals surface area contributed by atoms with Gasteiger partial charge in [-0.1, -0.05) is 12.1 Å². The second kappa shape index (κ2) is 5.05. The highest BCUT2D eigenvalue weighted by Crippen LogP contribution is 2.30. The molecule has 1 aliphatic carbocycles. The van der Waals surface area contributed by atoms with E-state index in [2.05, 4.69) is 33.5 Å². The van der Waals surface area contributed by atoms with Crippen LogP contribution in [-0.4, -0.2) is 9.97 Å². The average molecular weight is 275 g/mol. The van der Waals surface area contributed by atoms with Crippen molar-refractivity contribution in [1.82, 2.24) is 9.97 Å². The zero-order valence-corrected chi connectivity index (χ0v) is 11.2. The van der Waals surface area contributed by atoms with Gasteiger partial charge in [-0.15, -0.1) is 0 Å². The summed E-state index contributed by atoms with van der Waals surface area (Å²) in [6.45, 7) is 0. The van der Waals surface area contributed by atoms with Gasteiger partial charge >= 0.3 is 0 Å². The quantitative estimate of drug-likeness (QED) is 0.825. The largest absolute Gasteiger partial charge is 0.394 e. The predicted octanol–water partition coefficient (Wildman–Crippen LogP) is 3.33. The zero-order chi connectivity index (χ0) is 13.2. The number of aryl methyl sites for hydroxylation is 1. The number of fused-ring (bicyclic) bond motifs is 1. The van der Waals surface area contributed by atoms with Gasteiger partial charge in [-0.05, 0) is 54.5 Å². The summed E-state index contributed by atoms with van der Waals surface area (Å²) in [5, 5.41) is 3.48. The number of rotatable bonds is 2. The molecule has 19 heavy (non-hydrogen) atoms. The fourth-order valence-corrected chi connectivity index (χ4v) is 2.63. The molecule has 0 spiro atoms. The molecular formula is C14H15ClN4. The number of hydrogen-bond acceptors (Lipinski definition) is 4. The van der Waals surface area contributed by atoms with Gasteiger partial charge in [-0.2, -0.15) is 4.98 Å². The number of aromatic nitrogens is 2. The summed E-state index contributed by atoms with van der Waals surface area (Å²) in [5.74, 6) is 0.568. The molecule has 3 N–H and O–H groups in total. The molecule has 2 aromatic rings. The van der Waals surface area contributed by atoms with E-state index >= 15 is 0 Å². The SMILES string of the molecule is Nc1cnc(Cl)nc1Nc1cccc2c1CCCC2. The third kappa shape index (κ3) is 2.49. The minimum Gasteiger partial charge on any atom is -0.394 e. The van der Waals surface area contributed by atoms with E-state index in [1.165, 1.54) is 30.2 Å². The van der Waals surface area contributed by atoms with Gasteiger partial charge in [0, 0.05) is 5.69 Å². The van der Waals surface area contributed by atoms with Gasteiger partial charge < -0.3 is 11.1 Å². The van der Waals surface area contributed by atoms with Crippen molar-refractivity contribution < 1.29 is 0 Å². The number of nitrogen functional groups attached to an aromatic ring is 1. The standard InChI is InChI=1S/C14H15ClN4/c15-14-17-8-11(16)13(19-14)18-12-7-3-5-9-4-1-2-6-10(9)12/h3,5,7-8H,1-2,4,6,16H2,(H,17,18,19). The molecule has 0 saturated heterocycles. The second-order valence-corrected chi connectivity index (χ2v) is 5.06. The van der Waals surface area contributed by atoms with Gasteiger partial charge in [-0.25, -0.2) is 4.98 Å². The van der Waals surface area contributed by atoms with E-state index in [-0.39, 0.29) is 5.28 Å². The van der Waals surface area contributed by atoms with E-state index in [0.717, 1.165) is 18.5 Å². The highest BCUT2D eigenvalue weighted by molar-refractivity contribution is 6.28. The monoisotopic (exact) mass is 274 g/mol. The maximum absolute atomic E-state index is 5.87. The van der Waals surface area contributed by atoms with E-state index in [0.29, 0.717) is 11.5 Å². The lowest BCUT2D eigenvalue weighted by atomic mass is 9.90. The fourth-order valence-electron chi connectivity index (χ4n) is 2.50. The molecule has 0 fully saturated rings. The summed E-state index contributed by atoms with van der Waals surface area (Å²) in [4.78, 5) is 7.99. The third-order valence-corrected chi connectivity index (χ3v) is 3.62. The topological polar surface area (TPSA) is 63.8 Å². The lowest BCUT2D eigenvalue weighted by molar-refractivity contribution is 0.687. The summed E-state index contributed by atoms with van der Waals surface area (Å²) in [5.41, 5.74) is 10.2. The van der Waals surface area contributed by atoms with Crippen LogP contribution < -0.4 is 11.1 Å². The molecule has 4 nitrogen and oxygen atoms in total. The van der Waals surface area contributed by atoms with E-state index in [1.54, 1.807) is 0 Å². The lowest BCUT2D eigenvalue weighted by Crippen LogP contribution is -2.08. The molecule has 0 atom stereocenters. The zero-order valence-electron chi connectivity index (χ0n) is 10.5. The van der Waals surface area contributed by atoms with Crippen LogP contribution in [0, 0.1) is 0 Å². The first-order valence-electron chi connectivity index (χ1n) is 6.40. The van der Waals surface area contributed by atoms with Crippen molar-refractivity contribution in [3.63, 3.8) is 0 Å². The molecule has 0 unspecified atom stereocenters. The van der Waals surface area contributed by atoms with E-state index in [1.807, 2.05) is 0 Å². The Balaban J connectivity index is 1.97. The van der Waals surface area contributed by atoms with E-state index < -0.39 is 0 Å². The Morgan fingerprint density at radius 2 is 2.05 bits per heavy atom. The minimum absolute atomic E-state index is 0.196. The van der Waals surface area contributed by atoms with Crippen molar-refractivity contribution in [1.29, 1.82) is 0 Å². The van der Waals surface area contributed by atoms with Crippen molar-refractivity contribution in [2.24, 2.45) is 0 Å². The molecule has 0 radical (unpaired) electrons. The number of halogens is 1. The van der Waals surface area contributed by atoms with Crippen LogP contribution >= 0.6 is 11.6 Å². The summed E-state index contributed by atoms with van der Waals surface area (Å²) in [6, 6.07) is 6.31. The Hall–Kier alpha value is -1.81. The van der Waals surface area contributed by atoms with E-state index in [9.17, 15) is 0 Å². The van der Waals surface area contributed by atoms with Crippen LogP contribution in [0.1, 0.15) is 24.0 Å². The number of hydrogen-bond donors (Lipinski definition) is 2. The van der Waals surface area contributed by atoms with Gasteiger partial charge in [0.1, 0.15) is 0 Å². The Morgan fingerprint density at radius 3 is 2.95 bits per heavy atom. The predicted molar refractivity (Wildman–Crippen MR) is 77.8 cm³/mol. The van der Waals surface area contributed by atoms with Crippen molar-refractivity contribution in [2.75, 3.05) is 11.1 Å². The Morgan fingerprint density at radius 1 is 1.21 bits per heavy atom. The van der Waals surface area contributed by atoms with Crippen molar-refractivity contribution in [3.05, 3.63) is 40.8 Å². The first kappa shape index (κ1) is 12.2. The van der Waals surface area contributed by atoms with Crippen LogP contribution in [0.4, 0.5) is 17.2 Å². The maximum Gasteiger partial charge on any atom is 0.224 e. The Bertz CT molecular complexity index is 612. The van der Waals surface area contributed by atoms with Crippen LogP contribution in [0.15, 0.2) is 24.4 Å². The fraction of sp³-hybridized carbons (Fsp3) is 0.286. The number of nitrogens with one attached hydrogen (secondary N) is 1. The van der Waals surface area contributed by atoms with Crippen molar-refractivity contribution in [2.45, 2.75) is 25.7 Å². The molecule has 1 heterocycles. The van der Waals surface area contributed by atoms with Gasteiger partial charge in [0.05, 0.1) is 11.9 Å². The highest BCUT2D eigenvalue weighted by Gasteiger charge is 2.14. The second-order valence-electron chi connectivity index (χ2n) is 4.72. The van der Waals surface area contributed by atoms with Crippen LogP contribution in [0.25, 0.3) is 0 Å². The summed E-state index contributed by atoms with van der Waals surface area (Å²) >= 11 is 5.81.